The van der Waals surface area contributed by atoms with Gasteiger partial charge in [-0.3, -0.25) is 9.69 Å². The molecule has 1 aromatic rings. The number of carbonyl (C=O) groups is 1. The largest absolute Gasteiger partial charge is 0.482 e. The molecular weight excluding hydrogens is 384 g/mol. The van der Waals surface area contributed by atoms with Gasteiger partial charge in [0.1, 0.15) is 11.6 Å². The Labute approximate surface area is 139 Å². The average molecular weight is 399 g/mol. The molecule has 0 saturated carbocycles. The first-order valence-electron chi connectivity index (χ1n) is 6.89. The Hall–Kier alpha value is -1.35. The summed E-state index contributed by atoms with van der Waals surface area (Å²) in [6.07, 6.45) is -4.24. The molecule has 0 N–H and O–H groups in total. The van der Waals surface area contributed by atoms with E-state index in [1.54, 1.807) is 0 Å². The van der Waals surface area contributed by atoms with Gasteiger partial charge < -0.3 is 9.64 Å². The number of ether oxygens (including phenoxy) is 1. The van der Waals surface area contributed by atoms with Crippen LogP contribution in [-0.4, -0.2) is 61.2 Å². The predicted molar refractivity (Wildman–Crippen MR) is 78.7 cm³/mol. The molecule has 1 heterocycles. The summed E-state index contributed by atoms with van der Waals surface area (Å²) in [5, 5.41) is 0. The fourth-order valence-corrected chi connectivity index (χ4v) is 2.59. The van der Waals surface area contributed by atoms with Gasteiger partial charge in [-0.25, -0.2) is 4.39 Å². The molecule has 9 heteroatoms. The summed E-state index contributed by atoms with van der Waals surface area (Å²) < 4.78 is 55.8. The highest BCUT2D eigenvalue weighted by Crippen LogP contribution is 2.25. The smallest absolute Gasteiger partial charge is 0.401 e. The minimum Gasteiger partial charge on any atom is -0.482 e. The van der Waals surface area contributed by atoms with E-state index in [2.05, 4.69) is 15.9 Å². The van der Waals surface area contributed by atoms with Crippen LogP contribution in [0.2, 0.25) is 0 Å². The van der Waals surface area contributed by atoms with Crippen LogP contribution in [-0.2, 0) is 4.79 Å². The maximum absolute atomic E-state index is 13.1. The van der Waals surface area contributed by atoms with Gasteiger partial charge in [0.25, 0.3) is 5.91 Å². The number of hydrogen-bond acceptors (Lipinski definition) is 3. The van der Waals surface area contributed by atoms with Gasteiger partial charge in [0.2, 0.25) is 0 Å². The molecule has 1 fully saturated rings. The number of amides is 1. The van der Waals surface area contributed by atoms with E-state index in [-0.39, 0.29) is 44.4 Å². The number of rotatable bonds is 4. The van der Waals surface area contributed by atoms with Gasteiger partial charge in [-0.2, -0.15) is 13.2 Å². The number of alkyl halides is 3. The molecule has 0 unspecified atom stereocenters. The summed E-state index contributed by atoms with van der Waals surface area (Å²) in [6.45, 7) is -0.516. The van der Waals surface area contributed by atoms with Crippen molar-refractivity contribution in [1.82, 2.24) is 9.80 Å². The molecule has 1 amide bonds. The molecule has 0 aliphatic carbocycles. The predicted octanol–water partition coefficient (Wildman–Crippen LogP) is 2.67. The number of halogens is 5. The normalized spacial score (nSPS) is 16.5. The lowest BCUT2D eigenvalue weighted by atomic mass is 10.3. The van der Waals surface area contributed by atoms with E-state index < -0.39 is 18.5 Å². The van der Waals surface area contributed by atoms with Crippen molar-refractivity contribution in [3.8, 4) is 5.75 Å². The molecule has 1 aliphatic rings. The summed E-state index contributed by atoms with van der Waals surface area (Å²) >= 11 is 3.18. The van der Waals surface area contributed by atoms with Gasteiger partial charge in [0.15, 0.2) is 6.61 Å². The quantitative estimate of drug-likeness (QED) is 0.731. The first-order chi connectivity index (χ1) is 10.7. The van der Waals surface area contributed by atoms with Crippen molar-refractivity contribution in [2.45, 2.75) is 6.18 Å². The fourth-order valence-electron chi connectivity index (χ4n) is 2.23. The molecule has 1 saturated heterocycles. The van der Waals surface area contributed by atoms with E-state index in [0.717, 1.165) is 6.07 Å². The fraction of sp³-hybridized carbons (Fsp3) is 0.500. The lowest BCUT2D eigenvalue weighted by Crippen LogP contribution is -2.51. The van der Waals surface area contributed by atoms with Crippen LogP contribution in [0.3, 0.4) is 0 Å². The highest BCUT2D eigenvalue weighted by molar-refractivity contribution is 9.10. The molecule has 0 aromatic heterocycles. The second kappa shape index (κ2) is 7.48. The SMILES string of the molecule is O=C(COc1cc(F)ccc1Br)N1CCN(CC(F)(F)F)CC1. The minimum absolute atomic E-state index is 0.162. The van der Waals surface area contributed by atoms with Crippen LogP contribution in [0.5, 0.6) is 5.75 Å². The number of piperazine rings is 1. The molecule has 0 bridgehead atoms. The van der Waals surface area contributed by atoms with Gasteiger partial charge in [-0.15, -0.1) is 0 Å². The third-order valence-corrected chi connectivity index (χ3v) is 4.03. The molecule has 23 heavy (non-hydrogen) atoms. The van der Waals surface area contributed by atoms with Crippen molar-refractivity contribution in [2.75, 3.05) is 39.3 Å². The second-order valence-corrected chi connectivity index (χ2v) is 5.99. The van der Waals surface area contributed by atoms with Crippen LogP contribution in [0.1, 0.15) is 0 Å². The van der Waals surface area contributed by atoms with Gasteiger partial charge in [0, 0.05) is 32.2 Å². The first-order valence-corrected chi connectivity index (χ1v) is 7.68. The molecule has 1 aliphatic heterocycles. The third-order valence-electron chi connectivity index (χ3n) is 3.37. The summed E-state index contributed by atoms with van der Waals surface area (Å²) in [6, 6.07) is 3.86. The number of hydrogen-bond donors (Lipinski definition) is 0. The zero-order valence-corrected chi connectivity index (χ0v) is 13.7. The Bertz CT molecular complexity index is 560. The van der Waals surface area contributed by atoms with Gasteiger partial charge in [-0.1, -0.05) is 0 Å². The summed E-state index contributed by atoms with van der Waals surface area (Å²) in [5.41, 5.74) is 0. The Morgan fingerprint density at radius 2 is 1.87 bits per heavy atom. The van der Waals surface area contributed by atoms with Crippen molar-refractivity contribution in [1.29, 1.82) is 0 Å². The van der Waals surface area contributed by atoms with E-state index in [1.807, 2.05) is 0 Å². The van der Waals surface area contributed by atoms with Crippen molar-refractivity contribution in [3.05, 3.63) is 28.5 Å². The summed E-state index contributed by atoms with van der Waals surface area (Å²) in [5.74, 6) is -0.627. The molecule has 0 atom stereocenters. The van der Waals surface area contributed by atoms with Crippen LogP contribution in [0, 0.1) is 5.82 Å². The maximum atomic E-state index is 13.1. The van der Waals surface area contributed by atoms with Crippen LogP contribution in [0.4, 0.5) is 17.6 Å². The van der Waals surface area contributed by atoms with E-state index in [1.165, 1.54) is 21.9 Å². The van der Waals surface area contributed by atoms with Crippen LogP contribution in [0.25, 0.3) is 0 Å². The monoisotopic (exact) mass is 398 g/mol. The number of benzene rings is 1. The zero-order chi connectivity index (χ0) is 17.0. The van der Waals surface area contributed by atoms with Crippen LogP contribution in [0.15, 0.2) is 22.7 Å². The van der Waals surface area contributed by atoms with Crippen molar-refractivity contribution in [3.63, 3.8) is 0 Å². The van der Waals surface area contributed by atoms with Crippen molar-refractivity contribution >= 4 is 21.8 Å². The molecule has 0 radical (unpaired) electrons. The van der Waals surface area contributed by atoms with Gasteiger partial charge in [0.05, 0.1) is 11.0 Å². The van der Waals surface area contributed by atoms with E-state index in [0.29, 0.717) is 4.47 Å². The number of carbonyl (C=O) groups excluding carboxylic acids is 1. The second-order valence-electron chi connectivity index (χ2n) is 5.14. The minimum atomic E-state index is -4.24. The zero-order valence-electron chi connectivity index (χ0n) is 12.1. The Balaban J connectivity index is 1.80. The molecule has 128 valence electrons. The van der Waals surface area contributed by atoms with Crippen molar-refractivity contribution < 1.29 is 27.1 Å². The van der Waals surface area contributed by atoms with Gasteiger partial charge in [-0.05, 0) is 28.1 Å². The Kier molecular flexibility index (Phi) is 5.85. The highest BCUT2D eigenvalue weighted by Gasteiger charge is 2.32. The molecule has 4 nitrogen and oxygen atoms in total. The third kappa shape index (κ3) is 5.65. The Morgan fingerprint density at radius 3 is 2.48 bits per heavy atom. The van der Waals surface area contributed by atoms with E-state index in [4.69, 9.17) is 4.74 Å². The maximum Gasteiger partial charge on any atom is 0.401 e. The Morgan fingerprint density at radius 1 is 1.22 bits per heavy atom. The lowest BCUT2D eigenvalue weighted by molar-refractivity contribution is -0.152. The average Bonchev–Trinajstić information content (AvgIpc) is 2.47. The van der Waals surface area contributed by atoms with Gasteiger partial charge >= 0.3 is 6.18 Å². The molecule has 1 aromatic carbocycles. The molecular formula is C14H15BrF4N2O2. The first kappa shape index (κ1) is 18.0. The van der Waals surface area contributed by atoms with E-state index in [9.17, 15) is 22.4 Å². The van der Waals surface area contributed by atoms with Crippen LogP contribution < -0.4 is 4.74 Å². The standard InChI is InChI=1S/C14H15BrF4N2O2/c15-11-2-1-10(16)7-12(11)23-8-13(22)21-5-3-20(4-6-21)9-14(17,18)19/h1-2,7H,3-6,8-9H2. The molecule has 2 rings (SSSR count). The number of nitrogens with zero attached hydrogens (tertiary/aromatic N) is 2. The van der Waals surface area contributed by atoms with E-state index >= 15 is 0 Å². The van der Waals surface area contributed by atoms with Crippen molar-refractivity contribution in [2.24, 2.45) is 0 Å². The lowest BCUT2D eigenvalue weighted by Gasteiger charge is -2.34. The molecule has 0 spiro atoms. The van der Waals surface area contributed by atoms with Crippen LogP contribution >= 0.6 is 15.9 Å². The summed E-state index contributed by atoms with van der Waals surface area (Å²) in [4.78, 5) is 14.7. The summed E-state index contributed by atoms with van der Waals surface area (Å²) in [7, 11) is 0. The topological polar surface area (TPSA) is 32.8 Å². The highest BCUT2D eigenvalue weighted by atomic mass is 79.9.